The molecule has 0 unspecified atom stereocenters. The summed E-state index contributed by atoms with van der Waals surface area (Å²) in [5.41, 5.74) is 7.97. The molecule has 0 aliphatic rings. The highest BCUT2D eigenvalue weighted by molar-refractivity contribution is 6.22. The van der Waals surface area contributed by atoms with Crippen molar-refractivity contribution in [3.8, 4) is 56.6 Å². The summed E-state index contributed by atoms with van der Waals surface area (Å²) in [6.45, 7) is 0. The third-order valence-electron chi connectivity index (χ3n) is 8.53. The second-order valence-corrected chi connectivity index (χ2v) is 11.1. The van der Waals surface area contributed by atoms with Gasteiger partial charge in [-0.1, -0.05) is 91.0 Å². The van der Waals surface area contributed by atoms with Crippen molar-refractivity contribution in [2.75, 3.05) is 0 Å². The fourth-order valence-corrected chi connectivity index (χ4v) is 6.48. The van der Waals surface area contributed by atoms with E-state index in [2.05, 4.69) is 107 Å². The summed E-state index contributed by atoms with van der Waals surface area (Å²) in [5, 5.41) is 6.94. The zero-order valence-electron chi connectivity index (χ0n) is 24.5. The summed E-state index contributed by atoms with van der Waals surface area (Å²) < 4.78 is 11.0. The van der Waals surface area contributed by atoms with Gasteiger partial charge >= 0.3 is 0 Å². The molecule has 5 aromatic carbocycles. The van der Waals surface area contributed by atoms with Gasteiger partial charge in [0.1, 0.15) is 23.9 Å². The minimum absolute atomic E-state index is 0.496. The van der Waals surface area contributed by atoms with Crippen LogP contribution in [0.1, 0.15) is 0 Å². The Balaban J connectivity index is 1.33. The molecule has 0 aliphatic heterocycles. The highest BCUT2D eigenvalue weighted by Crippen LogP contribution is 2.45. The van der Waals surface area contributed by atoms with E-state index in [1.165, 1.54) is 16.3 Å². The number of aromatic nitrogens is 4. The van der Waals surface area contributed by atoms with E-state index in [0.717, 1.165) is 49.4 Å². The van der Waals surface area contributed by atoms with Gasteiger partial charge in [-0.3, -0.25) is 9.97 Å². The lowest BCUT2D eigenvalue weighted by molar-refractivity contribution is 0.572. The molecule has 9 rings (SSSR count). The van der Waals surface area contributed by atoms with Crippen LogP contribution >= 0.6 is 0 Å². The Morgan fingerprint density at radius 3 is 1.54 bits per heavy atom. The second kappa shape index (κ2) is 10.6. The van der Waals surface area contributed by atoms with Crippen molar-refractivity contribution in [3.05, 3.63) is 147 Å². The third-order valence-corrected chi connectivity index (χ3v) is 8.53. The number of benzene rings is 5. The molecule has 0 bridgehead atoms. The average molecular weight is 593 g/mol. The van der Waals surface area contributed by atoms with Crippen LogP contribution < -0.4 is 0 Å². The fourth-order valence-electron chi connectivity index (χ4n) is 6.48. The first-order valence-electron chi connectivity index (χ1n) is 15.0. The maximum atomic E-state index is 5.51. The Morgan fingerprint density at radius 1 is 0.413 bits per heavy atom. The molecule has 6 heteroatoms. The van der Waals surface area contributed by atoms with Crippen LogP contribution in [0.4, 0.5) is 0 Å². The number of nitrogens with zero attached hydrogens (tertiary/aromatic N) is 4. The van der Waals surface area contributed by atoms with Crippen LogP contribution in [-0.4, -0.2) is 19.9 Å². The summed E-state index contributed by atoms with van der Waals surface area (Å²) >= 11 is 0. The molecule has 0 spiro atoms. The molecule has 0 saturated carbocycles. The minimum atomic E-state index is 0.496. The summed E-state index contributed by atoms with van der Waals surface area (Å²) in [5.74, 6) is 0.993. The number of rotatable bonds is 5. The van der Waals surface area contributed by atoms with Gasteiger partial charge in [0, 0.05) is 23.5 Å². The van der Waals surface area contributed by atoms with Crippen LogP contribution in [0.2, 0.25) is 0 Å². The Hall–Kier alpha value is -6.40. The molecule has 0 fully saturated rings. The van der Waals surface area contributed by atoms with Gasteiger partial charge in [-0.2, -0.15) is 0 Å². The Labute approximate surface area is 263 Å². The molecule has 46 heavy (non-hydrogen) atoms. The maximum Gasteiger partial charge on any atom is 0.244 e. The number of hydrogen-bond donors (Lipinski definition) is 0. The van der Waals surface area contributed by atoms with E-state index in [-0.39, 0.29) is 0 Å². The minimum Gasteiger partial charge on any atom is -0.443 e. The lowest BCUT2D eigenvalue weighted by atomic mass is 9.85. The molecular weight excluding hydrogens is 568 g/mol. The lowest BCUT2D eigenvalue weighted by Gasteiger charge is -2.19. The van der Waals surface area contributed by atoms with E-state index in [0.29, 0.717) is 23.2 Å². The van der Waals surface area contributed by atoms with Crippen molar-refractivity contribution in [1.29, 1.82) is 0 Å². The molecule has 9 aromatic rings. The van der Waals surface area contributed by atoms with Gasteiger partial charge in [0.05, 0.1) is 12.4 Å². The highest BCUT2D eigenvalue weighted by atomic mass is 16.3. The standard InChI is InChI=1S/C40H24N4O2/c1-2-8-29-25(6-1)7-5-11-30(29)26-12-15-33-34(22-26)38(28-14-17-36(44-24-28)40-42-19-21-46-40)32-10-4-3-9-31(32)37(33)27-13-16-35(43-23-27)39-41-18-20-45-39/h1-24H. The van der Waals surface area contributed by atoms with Crippen LogP contribution in [0.15, 0.2) is 155 Å². The molecular formula is C40H24N4O2. The molecule has 0 saturated heterocycles. The van der Waals surface area contributed by atoms with E-state index in [4.69, 9.17) is 18.8 Å². The van der Waals surface area contributed by atoms with Crippen molar-refractivity contribution in [3.63, 3.8) is 0 Å². The summed E-state index contributed by atoms with van der Waals surface area (Å²) in [7, 11) is 0. The monoisotopic (exact) mass is 592 g/mol. The van der Waals surface area contributed by atoms with E-state index in [1.54, 1.807) is 24.9 Å². The molecule has 4 heterocycles. The highest BCUT2D eigenvalue weighted by Gasteiger charge is 2.19. The van der Waals surface area contributed by atoms with Gasteiger partial charge in [0.15, 0.2) is 0 Å². The van der Waals surface area contributed by atoms with Gasteiger partial charge < -0.3 is 8.83 Å². The van der Waals surface area contributed by atoms with Crippen LogP contribution in [0.5, 0.6) is 0 Å². The van der Waals surface area contributed by atoms with Gasteiger partial charge in [0.25, 0.3) is 0 Å². The van der Waals surface area contributed by atoms with Gasteiger partial charge in [-0.25, -0.2) is 9.97 Å². The smallest absolute Gasteiger partial charge is 0.244 e. The van der Waals surface area contributed by atoms with Gasteiger partial charge in [-0.15, -0.1) is 0 Å². The van der Waals surface area contributed by atoms with Crippen LogP contribution in [0, 0.1) is 0 Å². The van der Waals surface area contributed by atoms with Crippen molar-refractivity contribution >= 4 is 32.3 Å². The molecule has 0 radical (unpaired) electrons. The van der Waals surface area contributed by atoms with E-state index >= 15 is 0 Å². The molecule has 6 nitrogen and oxygen atoms in total. The summed E-state index contributed by atoms with van der Waals surface area (Å²) in [4.78, 5) is 18.1. The number of oxazole rings is 2. The average Bonchev–Trinajstić information content (AvgIpc) is 3.87. The first-order chi connectivity index (χ1) is 22.8. The van der Waals surface area contributed by atoms with Crippen LogP contribution in [-0.2, 0) is 0 Å². The Morgan fingerprint density at radius 2 is 0.957 bits per heavy atom. The fraction of sp³-hybridized carbons (Fsp3) is 0. The van der Waals surface area contributed by atoms with E-state index in [9.17, 15) is 0 Å². The lowest BCUT2D eigenvalue weighted by Crippen LogP contribution is -1.94. The SMILES string of the molecule is c1ccc2c(-c3ccc4c(-c5ccc(-c6ncco6)nc5)c5ccccc5c(-c5ccc(-c6ncco6)nc5)c4c3)cccc2c1. The van der Waals surface area contributed by atoms with E-state index < -0.39 is 0 Å². The topological polar surface area (TPSA) is 77.8 Å². The van der Waals surface area contributed by atoms with Crippen molar-refractivity contribution in [2.45, 2.75) is 0 Å². The quantitative estimate of drug-likeness (QED) is 0.185. The first kappa shape index (κ1) is 26.0. The summed E-state index contributed by atoms with van der Waals surface area (Å²) in [6, 6.07) is 38.5. The van der Waals surface area contributed by atoms with Crippen LogP contribution in [0.3, 0.4) is 0 Å². The zero-order chi connectivity index (χ0) is 30.5. The molecule has 4 aromatic heterocycles. The van der Waals surface area contributed by atoms with Gasteiger partial charge in [0.2, 0.25) is 11.8 Å². The predicted octanol–water partition coefficient (Wildman–Crippen LogP) is 10.2. The second-order valence-electron chi connectivity index (χ2n) is 11.1. The third kappa shape index (κ3) is 4.27. The zero-order valence-corrected chi connectivity index (χ0v) is 24.5. The first-order valence-corrected chi connectivity index (χ1v) is 15.0. The van der Waals surface area contributed by atoms with Crippen molar-refractivity contribution in [2.24, 2.45) is 0 Å². The van der Waals surface area contributed by atoms with Crippen molar-refractivity contribution < 1.29 is 8.83 Å². The Bertz CT molecular complexity index is 2500. The number of pyridine rings is 2. The molecule has 0 atom stereocenters. The van der Waals surface area contributed by atoms with Gasteiger partial charge in [-0.05, 0) is 72.8 Å². The molecule has 0 amide bonds. The number of hydrogen-bond acceptors (Lipinski definition) is 6. The van der Waals surface area contributed by atoms with Crippen molar-refractivity contribution in [1.82, 2.24) is 19.9 Å². The molecule has 0 aliphatic carbocycles. The Kier molecular flexibility index (Phi) is 6.03. The number of fused-ring (bicyclic) bond motifs is 3. The largest absolute Gasteiger partial charge is 0.443 e. The summed E-state index contributed by atoms with van der Waals surface area (Å²) in [6.07, 6.45) is 10.2. The predicted molar refractivity (Wildman–Crippen MR) is 182 cm³/mol. The van der Waals surface area contributed by atoms with E-state index in [1.807, 2.05) is 24.5 Å². The molecule has 0 N–H and O–H groups in total. The molecule has 216 valence electrons. The van der Waals surface area contributed by atoms with Crippen LogP contribution in [0.25, 0.3) is 88.9 Å². The maximum absolute atomic E-state index is 5.51. The normalized spacial score (nSPS) is 11.5.